The van der Waals surface area contributed by atoms with Gasteiger partial charge in [-0.2, -0.15) is 0 Å². The topological polar surface area (TPSA) is 3.24 Å². The van der Waals surface area contributed by atoms with Crippen molar-refractivity contribution in [3.63, 3.8) is 0 Å². The maximum absolute atomic E-state index is 2.35. The van der Waals surface area contributed by atoms with Crippen LogP contribution in [0.4, 0.5) is 17.1 Å². The zero-order chi connectivity index (χ0) is 31.4. The van der Waals surface area contributed by atoms with E-state index < -0.39 is 0 Å². The van der Waals surface area contributed by atoms with E-state index in [0.717, 1.165) is 17.1 Å². The summed E-state index contributed by atoms with van der Waals surface area (Å²) in [6.07, 6.45) is 0. The van der Waals surface area contributed by atoms with Gasteiger partial charge in [-0.25, -0.2) is 0 Å². The molecule has 0 N–H and O–H groups in total. The molecule has 8 aromatic carbocycles. The summed E-state index contributed by atoms with van der Waals surface area (Å²) in [6, 6.07) is 71.8. The summed E-state index contributed by atoms with van der Waals surface area (Å²) in [5.74, 6) is 0. The maximum Gasteiger partial charge on any atom is 0.0540 e. The monoisotopic (exact) mass is 599 g/mol. The molecule has 0 amide bonds. The Bertz CT molecular complexity index is 2290. The Morgan fingerprint density at radius 3 is 1.40 bits per heavy atom. The van der Waals surface area contributed by atoms with Crippen molar-refractivity contribution in [1.29, 1.82) is 0 Å². The van der Waals surface area contributed by atoms with E-state index in [-0.39, 0.29) is 0 Å². The average Bonchev–Trinajstić information content (AvgIpc) is 3.16. The molecular formula is C46H33N. The van der Waals surface area contributed by atoms with Crippen LogP contribution in [-0.2, 0) is 0 Å². The van der Waals surface area contributed by atoms with Gasteiger partial charge in [-0.3, -0.25) is 0 Å². The van der Waals surface area contributed by atoms with Crippen LogP contribution in [0.1, 0.15) is 0 Å². The zero-order valence-corrected chi connectivity index (χ0v) is 26.0. The molecule has 0 radical (unpaired) electrons. The van der Waals surface area contributed by atoms with Gasteiger partial charge in [0.05, 0.1) is 5.69 Å². The summed E-state index contributed by atoms with van der Waals surface area (Å²) in [4.78, 5) is 2.35. The molecule has 1 heteroatoms. The van der Waals surface area contributed by atoms with E-state index in [2.05, 4.69) is 205 Å². The minimum atomic E-state index is 1.11. The second kappa shape index (κ2) is 12.7. The molecule has 0 aromatic heterocycles. The fraction of sp³-hybridized carbons (Fsp3) is 0. The number of para-hydroxylation sites is 2. The van der Waals surface area contributed by atoms with Gasteiger partial charge in [-0.05, 0) is 98.2 Å². The van der Waals surface area contributed by atoms with E-state index in [1.54, 1.807) is 0 Å². The molecule has 0 saturated heterocycles. The lowest BCUT2D eigenvalue weighted by molar-refractivity contribution is 1.28. The highest BCUT2D eigenvalue weighted by molar-refractivity contribution is 5.90. The molecule has 0 saturated carbocycles. The van der Waals surface area contributed by atoms with Gasteiger partial charge in [0.15, 0.2) is 0 Å². The number of rotatable bonds is 7. The van der Waals surface area contributed by atoms with Gasteiger partial charge in [0, 0.05) is 16.9 Å². The van der Waals surface area contributed by atoms with Crippen molar-refractivity contribution in [3.8, 4) is 44.5 Å². The lowest BCUT2D eigenvalue weighted by atomic mass is 9.95. The van der Waals surface area contributed by atoms with Crippen LogP contribution in [-0.4, -0.2) is 0 Å². The summed E-state index contributed by atoms with van der Waals surface area (Å²) < 4.78 is 0. The molecule has 0 heterocycles. The Kier molecular flexibility index (Phi) is 7.63. The van der Waals surface area contributed by atoms with Crippen molar-refractivity contribution in [1.82, 2.24) is 0 Å². The Labute approximate surface area is 276 Å². The van der Waals surface area contributed by atoms with E-state index in [1.807, 2.05) is 0 Å². The van der Waals surface area contributed by atoms with E-state index in [0.29, 0.717) is 0 Å². The van der Waals surface area contributed by atoms with Gasteiger partial charge in [0.25, 0.3) is 0 Å². The standard InChI is InChI=1S/C46H33N/c1-3-14-36(15-4-1)45-23-9-10-24-46(45)47(43-21-5-2-6-22-43)44-29-27-35(28-30-44)38-17-11-18-39(31-38)40-19-12-20-41(33-40)42-26-25-34-13-7-8-16-37(34)32-42/h1-33H. The predicted molar refractivity (Wildman–Crippen MR) is 200 cm³/mol. The van der Waals surface area contributed by atoms with Crippen LogP contribution in [0.3, 0.4) is 0 Å². The molecule has 0 aliphatic carbocycles. The fourth-order valence-corrected chi connectivity index (χ4v) is 6.46. The van der Waals surface area contributed by atoms with Gasteiger partial charge in [0.1, 0.15) is 0 Å². The third kappa shape index (κ3) is 5.83. The molecule has 0 atom stereocenters. The zero-order valence-electron chi connectivity index (χ0n) is 26.0. The number of fused-ring (bicyclic) bond motifs is 1. The summed E-state index contributed by atoms with van der Waals surface area (Å²) >= 11 is 0. The average molecular weight is 600 g/mol. The van der Waals surface area contributed by atoms with Gasteiger partial charge in [0.2, 0.25) is 0 Å². The SMILES string of the molecule is c1ccc(-c2ccccc2N(c2ccccc2)c2ccc(-c3cccc(-c4cccc(-c5ccc6ccccc6c5)c4)c3)cc2)cc1. The predicted octanol–water partition coefficient (Wildman–Crippen LogP) is 13.0. The molecule has 47 heavy (non-hydrogen) atoms. The molecule has 8 aromatic rings. The molecule has 0 bridgehead atoms. The van der Waals surface area contributed by atoms with E-state index in [9.17, 15) is 0 Å². The number of hydrogen-bond donors (Lipinski definition) is 0. The molecule has 8 rings (SSSR count). The minimum absolute atomic E-state index is 1.11. The quantitative estimate of drug-likeness (QED) is 0.176. The van der Waals surface area contributed by atoms with Gasteiger partial charge in [-0.1, -0.05) is 152 Å². The smallest absolute Gasteiger partial charge is 0.0540 e. The number of nitrogens with zero attached hydrogens (tertiary/aromatic N) is 1. The minimum Gasteiger partial charge on any atom is -0.310 e. The van der Waals surface area contributed by atoms with Crippen molar-refractivity contribution in [2.24, 2.45) is 0 Å². The van der Waals surface area contributed by atoms with Gasteiger partial charge in [-0.15, -0.1) is 0 Å². The second-order valence-electron chi connectivity index (χ2n) is 11.8. The van der Waals surface area contributed by atoms with Crippen LogP contribution >= 0.6 is 0 Å². The summed E-state index contributed by atoms with van der Waals surface area (Å²) in [6.45, 7) is 0. The fourth-order valence-electron chi connectivity index (χ4n) is 6.46. The Balaban J connectivity index is 1.13. The molecule has 222 valence electrons. The summed E-state index contributed by atoms with van der Waals surface area (Å²) in [7, 11) is 0. The number of anilines is 3. The van der Waals surface area contributed by atoms with Crippen molar-refractivity contribution >= 4 is 27.8 Å². The van der Waals surface area contributed by atoms with E-state index in [1.165, 1.54) is 55.3 Å². The highest BCUT2D eigenvalue weighted by Crippen LogP contribution is 2.41. The Hall–Kier alpha value is -6.18. The molecule has 1 nitrogen and oxygen atoms in total. The highest BCUT2D eigenvalue weighted by Gasteiger charge is 2.17. The maximum atomic E-state index is 2.35. The third-order valence-electron chi connectivity index (χ3n) is 8.84. The lowest BCUT2D eigenvalue weighted by Gasteiger charge is -2.28. The normalized spacial score (nSPS) is 11.0. The van der Waals surface area contributed by atoms with Crippen molar-refractivity contribution in [3.05, 3.63) is 200 Å². The van der Waals surface area contributed by atoms with Crippen LogP contribution in [0.5, 0.6) is 0 Å². The first-order valence-corrected chi connectivity index (χ1v) is 16.1. The number of hydrogen-bond acceptors (Lipinski definition) is 1. The molecular weight excluding hydrogens is 567 g/mol. The van der Waals surface area contributed by atoms with Crippen molar-refractivity contribution in [2.75, 3.05) is 4.90 Å². The van der Waals surface area contributed by atoms with Crippen LogP contribution in [0, 0.1) is 0 Å². The van der Waals surface area contributed by atoms with Crippen LogP contribution in [0.25, 0.3) is 55.3 Å². The third-order valence-corrected chi connectivity index (χ3v) is 8.84. The molecule has 0 aliphatic heterocycles. The van der Waals surface area contributed by atoms with Crippen molar-refractivity contribution < 1.29 is 0 Å². The van der Waals surface area contributed by atoms with Crippen molar-refractivity contribution in [2.45, 2.75) is 0 Å². The lowest BCUT2D eigenvalue weighted by Crippen LogP contribution is -2.11. The Morgan fingerprint density at radius 2 is 0.723 bits per heavy atom. The summed E-state index contributed by atoms with van der Waals surface area (Å²) in [5, 5.41) is 2.52. The summed E-state index contributed by atoms with van der Waals surface area (Å²) in [5.41, 5.74) is 13.0. The molecule has 0 fully saturated rings. The second-order valence-corrected chi connectivity index (χ2v) is 11.8. The first-order valence-electron chi connectivity index (χ1n) is 16.1. The molecule has 0 spiro atoms. The van der Waals surface area contributed by atoms with E-state index >= 15 is 0 Å². The number of benzene rings is 8. The first-order chi connectivity index (χ1) is 23.3. The Morgan fingerprint density at radius 1 is 0.255 bits per heavy atom. The highest BCUT2D eigenvalue weighted by atomic mass is 15.1. The van der Waals surface area contributed by atoms with Crippen LogP contribution in [0.2, 0.25) is 0 Å². The molecule has 0 unspecified atom stereocenters. The van der Waals surface area contributed by atoms with E-state index in [4.69, 9.17) is 0 Å². The van der Waals surface area contributed by atoms with Gasteiger partial charge < -0.3 is 4.90 Å². The largest absolute Gasteiger partial charge is 0.310 e. The van der Waals surface area contributed by atoms with Gasteiger partial charge >= 0.3 is 0 Å². The van der Waals surface area contributed by atoms with Crippen LogP contribution < -0.4 is 4.90 Å². The first kappa shape index (κ1) is 28.3. The molecule has 0 aliphatic rings. The van der Waals surface area contributed by atoms with Crippen LogP contribution in [0.15, 0.2) is 200 Å².